The first-order valence-corrected chi connectivity index (χ1v) is 36.7. The van der Waals surface area contributed by atoms with Crippen molar-refractivity contribution in [2.24, 2.45) is 0 Å². The molecule has 468 valence electrons. The van der Waals surface area contributed by atoms with Gasteiger partial charge in [-0.2, -0.15) is 0 Å². The number of aliphatic hydroxyl groups excluding tert-OH is 2. The minimum atomic E-state index is -0.871. The zero-order valence-corrected chi connectivity index (χ0v) is 54.2. The lowest BCUT2D eigenvalue weighted by Crippen LogP contribution is -2.45. The van der Waals surface area contributed by atoms with Crippen LogP contribution >= 0.6 is 0 Å². The van der Waals surface area contributed by atoms with E-state index < -0.39 is 12.1 Å². The highest BCUT2D eigenvalue weighted by Crippen LogP contribution is 2.20. The van der Waals surface area contributed by atoms with Gasteiger partial charge in [0.1, 0.15) is 0 Å². The minimum absolute atomic E-state index is 0.0689. The van der Waals surface area contributed by atoms with Crippen molar-refractivity contribution in [3.63, 3.8) is 0 Å². The smallest absolute Gasteiger partial charge is 0.220 e. The quantitative estimate of drug-likeness (QED) is 0.0420. The molecule has 0 heterocycles. The number of carbonyl (C=O) groups is 1. The number of allylic oxidation sites excluding steroid dienone is 5. The molecule has 0 saturated carbocycles. The predicted molar refractivity (Wildman–Crippen MR) is 355 cm³/mol. The van der Waals surface area contributed by atoms with Crippen molar-refractivity contribution in [1.29, 1.82) is 0 Å². The van der Waals surface area contributed by atoms with Gasteiger partial charge < -0.3 is 15.5 Å². The molecule has 0 aliphatic heterocycles. The fraction of sp³-hybridized carbons (Fsp3) is 0.907. The number of aliphatic hydroxyl groups is 2. The molecule has 0 aromatic carbocycles. The summed E-state index contributed by atoms with van der Waals surface area (Å²) < 4.78 is 0. The van der Waals surface area contributed by atoms with Crippen molar-refractivity contribution in [2.75, 3.05) is 6.61 Å². The topological polar surface area (TPSA) is 69.6 Å². The normalized spacial score (nSPS) is 12.8. The molecular weight excluding hydrogens is 963 g/mol. The van der Waals surface area contributed by atoms with Gasteiger partial charge in [-0.3, -0.25) is 4.79 Å². The van der Waals surface area contributed by atoms with Crippen LogP contribution in [0.25, 0.3) is 0 Å². The third kappa shape index (κ3) is 67.3. The van der Waals surface area contributed by atoms with Gasteiger partial charge in [-0.05, 0) is 44.9 Å². The Morgan fingerprint density at radius 2 is 0.494 bits per heavy atom. The van der Waals surface area contributed by atoms with Crippen LogP contribution in [0.3, 0.4) is 0 Å². The monoisotopic (exact) mass is 1110 g/mol. The highest BCUT2D eigenvalue weighted by atomic mass is 16.3. The van der Waals surface area contributed by atoms with Gasteiger partial charge in [-0.1, -0.05) is 403 Å². The van der Waals surface area contributed by atoms with E-state index in [4.69, 9.17) is 0 Å². The summed E-state index contributed by atoms with van der Waals surface area (Å²) >= 11 is 0. The molecule has 2 atom stereocenters. The van der Waals surface area contributed by atoms with E-state index in [1.165, 1.54) is 360 Å². The van der Waals surface area contributed by atoms with Crippen LogP contribution in [0.1, 0.15) is 418 Å². The molecule has 0 fully saturated rings. The summed E-state index contributed by atoms with van der Waals surface area (Å²) in [4.78, 5) is 12.5. The first-order valence-electron chi connectivity index (χ1n) is 36.7. The number of rotatable bonds is 69. The number of carbonyl (C=O) groups excluding carboxylic acids is 1. The Morgan fingerprint density at radius 3 is 0.734 bits per heavy atom. The Balaban J connectivity index is 3.44. The van der Waals surface area contributed by atoms with E-state index in [2.05, 4.69) is 43.5 Å². The Bertz CT molecular complexity index is 1210. The van der Waals surface area contributed by atoms with Crippen LogP contribution in [0.15, 0.2) is 36.5 Å². The van der Waals surface area contributed by atoms with Crippen molar-refractivity contribution in [3.05, 3.63) is 36.5 Å². The maximum atomic E-state index is 12.5. The number of unbranched alkanes of at least 4 members (excludes halogenated alkanes) is 58. The Morgan fingerprint density at radius 1 is 0.291 bits per heavy atom. The highest BCUT2D eigenvalue weighted by Gasteiger charge is 2.18. The summed E-state index contributed by atoms with van der Waals surface area (Å²) in [7, 11) is 0. The summed E-state index contributed by atoms with van der Waals surface area (Å²) in [6.07, 6.45) is 98.4. The van der Waals surface area contributed by atoms with Crippen molar-refractivity contribution in [3.8, 4) is 0 Å². The molecule has 0 aromatic rings. The van der Waals surface area contributed by atoms with Crippen LogP contribution in [0, 0.1) is 0 Å². The Kier molecular flexibility index (Phi) is 69.6. The van der Waals surface area contributed by atoms with Gasteiger partial charge in [0.05, 0.1) is 18.8 Å². The van der Waals surface area contributed by atoms with Crippen LogP contribution in [-0.2, 0) is 4.79 Å². The Labute approximate surface area is 497 Å². The van der Waals surface area contributed by atoms with Crippen molar-refractivity contribution in [1.82, 2.24) is 5.32 Å². The largest absolute Gasteiger partial charge is 0.394 e. The molecular formula is C75H145NO3. The second kappa shape index (κ2) is 70.9. The van der Waals surface area contributed by atoms with Crippen molar-refractivity contribution < 1.29 is 15.0 Å². The van der Waals surface area contributed by atoms with E-state index in [1.54, 1.807) is 6.08 Å². The number of amides is 1. The van der Waals surface area contributed by atoms with Crippen LogP contribution in [0.2, 0.25) is 0 Å². The van der Waals surface area contributed by atoms with Crippen LogP contribution < -0.4 is 5.32 Å². The molecule has 79 heavy (non-hydrogen) atoms. The zero-order valence-electron chi connectivity index (χ0n) is 54.2. The van der Waals surface area contributed by atoms with Gasteiger partial charge in [0, 0.05) is 6.42 Å². The van der Waals surface area contributed by atoms with E-state index in [0.29, 0.717) is 6.42 Å². The van der Waals surface area contributed by atoms with Gasteiger partial charge in [0.25, 0.3) is 0 Å². The van der Waals surface area contributed by atoms with Gasteiger partial charge >= 0.3 is 0 Å². The van der Waals surface area contributed by atoms with E-state index in [0.717, 1.165) is 38.5 Å². The maximum Gasteiger partial charge on any atom is 0.220 e. The van der Waals surface area contributed by atoms with Gasteiger partial charge in [0.2, 0.25) is 5.91 Å². The molecule has 0 radical (unpaired) electrons. The maximum absolute atomic E-state index is 12.5. The predicted octanol–water partition coefficient (Wildman–Crippen LogP) is 25.1. The fourth-order valence-electron chi connectivity index (χ4n) is 11.8. The van der Waals surface area contributed by atoms with Crippen molar-refractivity contribution in [2.45, 2.75) is 431 Å². The molecule has 0 rings (SSSR count). The molecule has 4 heteroatoms. The number of nitrogens with one attached hydrogen (secondary N) is 1. The molecule has 2 unspecified atom stereocenters. The molecule has 3 N–H and O–H groups in total. The van der Waals surface area contributed by atoms with E-state index in [1.807, 2.05) is 6.08 Å². The lowest BCUT2D eigenvalue weighted by Gasteiger charge is -2.19. The lowest BCUT2D eigenvalue weighted by molar-refractivity contribution is -0.123. The van der Waals surface area contributed by atoms with E-state index >= 15 is 0 Å². The average molecular weight is 1110 g/mol. The highest BCUT2D eigenvalue weighted by molar-refractivity contribution is 5.76. The zero-order chi connectivity index (χ0) is 56.9. The van der Waals surface area contributed by atoms with Gasteiger partial charge in [0.15, 0.2) is 0 Å². The molecule has 0 bridgehead atoms. The minimum Gasteiger partial charge on any atom is -0.394 e. The summed E-state index contributed by atoms with van der Waals surface area (Å²) in [5.74, 6) is -0.0689. The number of hydrogen-bond donors (Lipinski definition) is 3. The second-order valence-electron chi connectivity index (χ2n) is 25.4. The SMILES string of the molecule is CCCCCCCCCCCCCCCCCCCCCCCCC/C=C/CC/C=C/CC/C=C/C(O)C(CO)NC(=O)CCCCCCCCCCCCCCCCCCCCCCCCCCCCCCCCCCCC. The summed E-state index contributed by atoms with van der Waals surface area (Å²) in [5.41, 5.74) is 0. The standard InChI is InChI=1S/C75H145NO3/c1-3-5-7-9-11-13-15-17-19-21-23-25-27-29-31-33-35-37-39-41-43-45-47-49-51-53-55-57-59-61-63-65-67-69-71-75(79)76-73(72-77)74(78)70-68-66-64-62-60-58-56-54-52-50-48-46-44-42-40-38-36-34-32-30-28-26-24-22-20-18-16-14-12-10-8-6-4-2/h52,54,60,62,68,70,73-74,77-78H,3-51,53,55-59,61,63-67,69,71-72H2,1-2H3,(H,76,79)/b54-52+,62-60+,70-68+. The Hall–Kier alpha value is -1.39. The lowest BCUT2D eigenvalue weighted by atomic mass is 10.0. The van der Waals surface area contributed by atoms with Crippen LogP contribution in [0.5, 0.6) is 0 Å². The summed E-state index contributed by atoms with van der Waals surface area (Å²) in [6.45, 7) is 4.35. The molecule has 0 aliphatic carbocycles. The van der Waals surface area contributed by atoms with Gasteiger partial charge in [-0.15, -0.1) is 0 Å². The van der Waals surface area contributed by atoms with Gasteiger partial charge in [-0.25, -0.2) is 0 Å². The van der Waals surface area contributed by atoms with E-state index in [-0.39, 0.29) is 12.5 Å². The van der Waals surface area contributed by atoms with Crippen LogP contribution in [0.4, 0.5) is 0 Å². The van der Waals surface area contributed by atoms with E-state index in [9.17, 15) is 15.0 Å². The first kappa shape index (κ1) is 77.6. The van der Waals surface area contributed by atoms with Crippen LogP contribution in [-0.4, -0.2) is 34.9 Å². The third-order valence-electron chi connectivity index (χ3n) is 17.4. The molecule has 0 spiro atoms. The third-order valence-corrected chi connectivity index (χ3v) is 17.4. The van der Waals surface area contributed by atoms with Crippen molar-refractivity contribution >= 4 is 5.91 Å². The number of hydrogen-bond acceptors (Lipinski definition) is 3. The summed E-state index contributed by atoms with van der Waals surface area (Å²) in [6, 6.07) is -0.646. The second-order valence-corrected chi connectivity index (χ2v) is 25.4. The molecule has 0 aliphatic rings. The molecule has 4 nitrogen and oxygen atoms in total. The molecule has 0 saturated heterocycles. The summed E-state index contributed by atoms with van der Waals surface area (Å²) in [5, 5.41) is 23.3. The fourth-order valence-corrected chi connectivity index (χ4v) is 11.8. The first-order chi connectivity index (χ1) is 39.2. The average Bonchev–Trinajstić information content (AvgIpc) is 3.45. The molecule has 0 aromatic heterocycles. The molecule has 1 amide bonds.